The summed E-state index contributed by atoms with van der Waals surface area (Å²) in [6.45, 7) is 3.06. The van der Waals surface area contributed by atoms with Gasteiger partial charge < -0.3 is 20.8 Å². The average Bonchev–Trinajstić information content (AvgIpc) is 3.34. The minimum Gasteiger partial charge on any atom is -0.508 e. The summed E-state index contributed by atoms with van der Waals surface area (Å²) >= 11 is 0. The summed E-state index contributed by atoms with van der Waals surface area (Å²) in [5.41, 5.74) is 3.87. The van der Waals surface area contributed by atoms with Crippen LogP contribution >= 0.6 is 0 Å². The average molecular weight is 617 g/mol. The summed E-state index contributed by atoms with van der Waals surface area (Å²) in [5, 5.41) is 26.7. The zero-order chi connectivity index (χ0) is 31.6. The molecule has 0 unspecified atom stereocenters. The number of fused-ring (bicyclic) bond motifs is 5. The van der Waals surface area contributed by atoms with Crippen molar-refractivity contribution < 1.29 is 19.8 Å². The molecule has 6 heteroatoms. The van der Waals surface area contributed by atoms with Gasteiger partial charge in [0.05, 0.1) is 19.1 Å². The SMILES string of the molecule is C[C@]12CC[C@@H]3c4ccc(O)cc4C[C@@H](CCCCCCCCCCCNC(=O)CNC(=O)Cc4ccccc4)[C@H]3[C@@H]1CC[C@@H]2O. The highest BCUT2D eigenvalue weighted by molar-refractivity contribution is 5.85. The number of hydrogen-bond acceptors (Lipinski definition) is 4. The molecule has 6 atom stereocenters. The molecule has 45 heavy (non-hydrogen) atoms. The van der Waals surface area contributed by atoms with Gasteiger partial charge in [0.1, 0.15) is 5.75 Å². The fourth-order valence-electron chi connectivity index (χ4n) is 9.11. The van der Waals surface area contributed by atoms with Crippen molar-refractivity contribution in [1.29, 1.82) is 0 Å². The lowest BCUT2D eigenvalue weighted by Crippen LogP contribution is -2.47. The maximum absolute atomic E-state index is 12.0. The Morgan fingerprint density at radius 1 is 0.844 bits per heavy atom. The first kappa shape index (κ1) is 33.5. The van der Waals surface area contributed by atoms with Crippen molar-refractivity contribution >= 4 is 11.8 Å². The topological polar surface area (TPSA) is 98.7 Å². The molecule has 2 aromatic carbocycles. The first-order chi connectivity index (χ1) is 21.8. The maximum atomic E-state index is 12.0. The Kier molecular flexibility index (Phi) is 12.0. The van der Waals surface area contributed by atoms with Gasteiger partial charge in [-0.3, -0.25) is 9.59 Å². The highest BCUT2D eigenvalue weighted by Gasteiger charge is 2.56. The van der Waals surface area contributed by atoms with Crippen LogP contribution in [0.2, 0.25) is 0 Å². The summed E-state index contributed by atoms with van der Waals surface area (Å²) in [6.07, 6.45) is 17.9. The Morgan fingerprint density at radius 2 is 1.56 bits per heavy atom. The van der Waals surface area contributed by atoms with Crippen LogP contribution in [0.5, 0.6) is 5.75 Å². The molecule has 5 rings (SSSR count). The molecule has 2 fully saturated rings. The van der Waals surface area contributed by atoms with Crippen molar-refractivity contribution in [3.05, 3.63) is 65.2 Å². The molecule has 0 heterocycles. The van der Waals surface area contributed by atoms with E-state index in [1.165, 1.54) is 75.3 Å². The summed E-state index contributed by atoms with van der Waals surface area (Å²) in [7, 11) is 0. The number of benzene rings is 2. The number of nitrogens with one attached hydrogen (secondary N) is 2. The molecule has 2 aromatic rings. The molecule has 2 saturated carbocycles. The van der Waals surface area contributed by atoms with E-state index in [-0.39, 0.29) is 29.9 Å². The van der Waals surface area contributed by atoms with Gasteiger partial charge in [-0.05, 0) is 103 Å². The summed E-state index contributed by atoms with van der Waals surface area (Å²) in [4.78, 5) is 24.0. The number of aliphatic hydroxyl groups is 1. The molecule has 4 N–H and O–H groups in total. The smallest absolute Gasteiger partial charge is 0.239 e. The molecule has 6 nitrogen and oxygen atoms in total. The molecular formula is C39H56N2O4. The lowest BCUT2D eigenvalue weighted by molar-refractivity contribution is -0.125. The van der Waals surface area contributed by atoms with E-state index >= 15 is 0 Å². The molecule has 0 saturated heterocycles. The molecule has 2 amide bonds. The van der Waals surface area contributed by atoms with Gasteiger partial charge in [-0.2, -0.15) is 0 Å². The number of aliphatic hydroxyl groups excluding tert-OH is 1. The Hall–Kier alpha value is -2.86. The molecule has 0 radical (unpaired) electrons. The van der Waals surface area contributed by atoms with Gasteiger partial charge >= 0.3 is 0 Å². The third-order valence-electron chi connectivity index (χ3n) is 11.6. The van der Waals surface area contributed by atoms with Crippen LogP contribution in [0.4, 0.5) is 0 Å². The van der Waals surface area contributed by atoms with Crippen molar-refractivity contribution in [2.45, 2.75) is 122 Å². The fourth-order valence-corrected chi connectivity index (χ4v) is 9.11. The van der Waals surface area contributed by atoms with Gasteiger partial charge in [0.15, 0.2) is 0 Å². The predicted molar refractivity (Wildman–Crippen MR) is 180 cm³/mol. The van der Waals surface area contributed by atoms with E-state index in [1.807, 2.05) is 42.5 Å². The van der Waals surface area contributed by atoms with E-state index in [0.29, 0.717) is 42.4 Å². The lowest BCUT2D eigenvalue weighted by Gasteiger charge is -2.53. The van der Waals surface area contributed by atoms with Gasteiger partial charge in [0, 0.05) is 6.54 Å². The minimum absolute atomic E-state index is 0.0353. The first-order valence-electron chi connectivity index (χ1n) is 17.9. The van der Waals surface area contributed by atoms with Crippen LogP contribution in [0.25, 0.3) is 0 Å². The Morgan fingerprint density at radius 3 is 2.31 bits per heavy atom. The number of hydrogen-bond donors (Lipinski definition) is 4. The number of rotatable bonds is 16. The second kappa shape index (κ2) is 16.1. The summed E-state index contributed by atoms with van der Waals surface area (Å²) < 4.78 is 0. The van der Waals surface area contributed by atoms with Gasteiger partial charge in [-0.15, -0.1) is 0 Å². The monoisotopic (exact) mass is 616 g/mol. The van der Waals surface area contributed by atoms with Crippen LogP contribution in [0.15, 0.2) is 48.5 Å². The van der Waals surface area contributed by atoms with Gasteiger partial charge in [0.2, 0.25) is 11.8 Å². The zero-order valence-electron chi connectivity index (χ0n) is 27.4. The molecule has 3 aliphatic carbocycles. The van der Waals surface area contributed by atoms with Crippen LogP contribution in [-0.2, 0) is 22.4 Å². The molecule has 0 aliphatic heterocycles. The van der Waals surface area contributed by atoms with Crippen LogP contribution in [0.3, 0.4) is 0 Å². The highest BCUT2D eigenvalue weighted by atomic mass is 16.3. The second-order valence-electron chi connectivity index (χ2n) is 14.5. The van der Waals surface area contributed by atoms with Gasteiger partial charge in [0.25, 0.3) is 0 Å². The van der Waals surface area contributed by atoms with Gasteiger partial charge in [-0.25, -0.2) is 0 Å². The van der Waals surface area contributed by atoms with Gasteiger partial charge in [-0.1, -0.05) is 94.7 Å². The Bertz CT molecular complexity index is 1250. The van der Waals surface area contributed by atoms with Crippen LogP contribution < -0.4 is 10.6 Å². The van der Waals surface area contributed by atoms with Crippen molar-refractivity contribution in [2.24, 2.45) is 23.2 Å². The third kappa shape index (κ3) is 8.69. The molecular weight excluding hydrogens is 560 g/mol. The number of phenolic OH excluding ortho intramolecular Hbond substituents is 1. The molecule has 0 spiro atoms. The van der Waals surface area contributed by atoms with Crippen LogP contribution in [0.1, 0.15) is 119 Å². The number of aromatic hydroxyl groups is 1. The van der Waals surface area contributed by atoms with E-state index < -0.39 is 0 Å². The van der Waals surface area contributed by atoms with E-state index in [1.54, 1.807) is 0 Å². The van der Waals surface area contributed by atoms with Crippen LogP contribution in [-0.4, -0.2) is 41.2 Å². The highest BCUT2D eigenvalue weighted by Crippen LogP contribution is 2.62. The predicted octanol–water partition coefficient (Wildman–Crippen LogP) is 7.21. The number of unbranched alkanes of at least 4 members (excludes halogenated alkanes) is 8. The Balaban J connectivity index is 0.920. The first-order valence-corrected chi connectivity index (χ1v) is 17.9. The van der Waals surface area contributed by atoms with E-state index in [4.69, 9.17) is 0 Å². The maximum Gasteiger partial charge on any atom is 0.239 e. The largest absolute Gasteiger partial charge is 0.508 e. The standard InChI is InChI=1S/C39H56N2O4/c1-39-22-21-33-32-18-17-31(42)26-30(32)25-29(38(33)34(39)19-20-35(39)43)16-12-7-5-3-2-4-6-8-13-23-40-37(45)27-41-36(44)24-28-14-10-9-11-15-28/h9-11,14-15,17-18,26,29,33-35,38,42-43H,2-8,12-13,16,19-25,27H2,1H3,(H,40,45)(H,41,44)/t29-,33-,34+,35+,38-,39+/m1/s1. The van der Waals surface area contributed by atoms with Crippen LogP contribution in [0, 0.1) is 23.2 Å². The zero-order valence-corrected chi connectivity index (χ0v) is 27.4. The molecule has 3 aliphatic rings. The number of phenols is 1. The summed E-state index contributed by atoms with van der Waals surface area (Å²) in [5.74, 6) is 2.67. The minimum atomic E-state index is -0.145. The van der Waals surface area contributed by atoms with E-state index in [9.17, 15) is 19.8 Å². The third-order valence-corrected chi connectivity index (χ3v) is 11.6. The molecule has 0 aromatic heterocycles. The number of carbonyl (C=O) groups is 2. The Labute approximate surface area is 270 Å². The molecule has 0 bridgehead atoms. The van der Waals surface area contributed by atoms with Crippen molar-refractivity contribution in [3.63, 3.8) is 0 Å². The van der Waals surface area contributed by atoms with E-state index in [0.717, 1.165) is 37.7 Å². The van der Waals surface area contributed by atoms with E-state index in [2.05, 4.69) is 23.6 Å². The lowest BCUT2D eigenvalue weighted by atomic mass is 9.52. The number of carbonyl (C=O) groups excluding carboxylic acids is 2. The second-order valence-corrected chi connectivity index (χ2v) is 14.5. The summed E-state index contributed by atoms with van der Waals surface area (Å²) in [6, 6.07) is 15.7. The van der Waals surface area contributed by atoms with Crippen molar-refractivity contribution in [3.8, 4) is 5.75 Å². The fraction of sp³-hybridized carbons (Fsp3) is 0.641. The normalized spacial score (nSPS) is 26.8. The van der Waals surface area contributed by atoms with Crippen molar-refractivity contribution in [1.82, 2.24) is 10.6 Å². The molecule has 246 valence electrons. The number of amides is 2. The quantitative estimate of drug-likeness (QED) is 0.150. The van der Waals surface area contributed by atoms with Crippen molar-refractivity contribution in [2.75, 3.05) is 13.1 Å².